The third-order valence-electron chi connectivity index (χ3n) is 1.28. The zero-order valence-electron chi connectivity index (χ0n) is 6.42. The van der Waals surface area contributed by atoms with Crippen LogP contribution in [-0.4, -0.2) is 34.7 Å². The van der Waals surface area contributed by atoms with Crippen LogP contribution < -0.4 is 0 Å². The van der Waals surface area contributed by atoms with E-state index in [9.17, 15) is 26.9 Å². The van der Waals surface area contributed by atoms with E-state index in [1.165, 1.54) is 0 Å². The van der Waals surface area contributed by atoms with E-state index >= 15 is 0 Å². The van der Waals surface area contributed by atoms with Crippen LogP contribution in [0.5, 0.6) is 0 Å². The van der Waals surface area contributed by atoms with E-state index in [1.54, 1.807) is 0 Å². The van der Waals surface area contributed by atoms with Crippen LogP contribution in [-0.2, 0) is 0 Å². The van der Waals surface area contributed by atoms with Crippen LogP contribution in [0, 0.1) is 11.3 Å². The quantitative estimate of drug-likeness (QED) is 0.520. The molecule has 0 aromatic carbocycles. The molecule has 0 aromatic rings. The minimum atomic E-state index is -2.63. The second kappa shape index (κ2) is 5.63. The Balaban J connectivity index is 4.54. The minimum absolute atomic E-state index is 0.783. The van der Waals surface area contributed by atoms with Gasteiger partial charge in [-0.1, -0.05) is 0 Å². The first kappa shape index (κ1) is 12.9. The Morgan fingerprint density at radius 1 is 1.00 bits per heavy atom. The highest BCUT2D eigenvalue weighted by molar-refractivity contribution is 4.95. The molecule has 0 aliphatic rings. The number of rotatable bonds is 5. The van der Waals surface area contributed by atoms with Gasteiger partial charge in [-0.25, -0.2) is 0 Å². The zero-order valence-corrected chi connectivity index (χ0v) is 6.42. The predicted octanol–water partition coefficient (Wildman–Crippen LogP) is 1.46. The van der Waals surface area contributed by atoms with Gasteiger partial charge in [0.25, 0.3) is 0 Å². The maximum Gasteiger partial charge on any atom is 0.181 e. The Morgan fingerprint density at radius 2 is 1.50 bits per heavy atom. The highest BCUT2D eigenvalue weighted by atomic mass is 19.4. The first-order chi connectivity index (χ1) is 6.40. The van der Waals surface area contributed by atoms with E-state index in [2.05, 4.69) is 0 Å². The van der Waals surface area contributed by atoms with Crippen LogP contribution in [0.25, 0.3) is 0 Å². The molecule has 2 atom stereocenters. The molecule has 0 aliphatic heterocycles. The van der Waals surface area contributed by atoms with Crippen molar-refractivity contribution < 1.29 is 26.9 Å². The van der Waals surface area contributed by atoms with Crippen molar-refractivity contribution in [3.05, 3.63) is 0 Å². The monoisotopic (exact) mass is 222 g/mol. The van der Waals surface area contributed by atoms with Gasteiger partial charge < -0.3 is 0 Å². The van der Waals surface area contributed by atoms with Crippen LogP contribution in [0.1, 0.15) is 0 Å². The second-order valence-electron chi connectivity index (χ2n) is 2.14. The SMILES string of the molecule is N#CC(C(CN(F)F)N(F)F)N(F)F. The molecule has 0 radical (unpaired) electrons. The fraction of sp³-hybridized carbons (Fsp3) is 0.750. The maximum absolute atomic E-state index is 11.8. The molecular weight excluding hydrogens is 218 g/mol. The van der Waals surface area contributed by atoms with E-state index in [-0.39, 0.29) is 0 Å². The molecule has 0 saturated heterocycles. The smallest absolute Gasteiger partial charge is 0.181 e. The summed E-state index contributed by atoms with van der Waals surface area (Å²) in [4.78, 5) is 0. The van der Waals surface area contributed by atoms with Gasteiger partial charge in [0.2, 0.25) is 0 Å². The molecule has 0 N–H and O–H groups in total. The maximum atomic E-state index is 11.8. The van der Waals surface area contributed by atoms with Crippen molar-refractivity contribution in [2.45, 2.75) is 12.1 Å². The largest absolute Gasteiger partial charge is 0.196 e. The molecular formula is C4H4F6N4. The van der Waals surface area contributed by atoms with Crippen LogP contribution in [0.2, 0.25) is 0 Å². The summed E-state index contributed by atoms with van der Waals surface area (Å²) in [6, 6.07) is -4.44. The molecule has 10 heteroatoms. The molecule has 0 aromatic heterocycles. The summed E-state index contributed by atoms with van der Waals surface area (Å²) in [5.74, 6) is 0. The summed E-state index contributed by atoms with van der Waals surface area (Å²) in [5.41, 5.74) is 0. The number of nitrogens with zero attached hydrogens (tertiary/aromatic N) is 4. The standard InChI is InChI=1S/C4H4F6N4/c5-12(6)2-4(14(9)10)3(1-11)13(7)8/h3-4H,2H2. The predicted molar refractivity (Wildman–Crippen MR) is 30.2 cm³/mol. The first-order valence-corrected chi connectivity index (χ1v) is 3.10. The Kier molecular flexibility index (Phi) is 5.21. The molecule has 2 unspecified atom stereocenters. The van der Waals surface area contributed by atoms with Gasteiger partial charge in [0.1, 0.15) is 6.04 Å². The molecule has 4 nitrogen and oxygen atoms in total. The van der Waals surface area contributed by atoms with E-state index in [0.717, 1.165) is 6.07 Å². The van der Waals surface area contributed by atoms with Gasteiger partial charge in [0, 0.05) is 16.0 Å². The minimum Gasteiger partial charge on any atom is -0.196 e. The van der Waals surface area contributed by atoms with Crippen molar-refractivity contribution in [2.24, 2.45) is 0 Å². The fourth-order valence-corrected chi connectivity index (χ4v) is 0.669. The molecule has 0 spiro atoms. The van der Waals surface area contributed by atoms with Crippen molar-refractivity contribution in [3.8, 4) is 6.07 Å². The van der Waals surface area contributed by atoms with E-state index in [1.807, 2.05) is 0 Å². The number of halogens is 6. The lowest BCUT2D eigenvalue weighted by Gasteiger charge is -2.20. The molecule has 0 amide bonds. The summed E-state index contributed by atoms with van der Waals surface area (Å²) in [6.45, 7) is -1.67. The van der Waals surface area contributed by atoms with E-state index in [0.29, 0.717) is 0 Å². The van der Waals surface area contributed by atoms with Crippen LogP contribution in [0.3, 0.4) is 0 Å². The molecule has 0 bridgehead atoms. The molecule has 0 heterocycles. The molecule has 0 fully saturated rings. The zero-order chi connectivity index (χ0) is 11.3. The normalized spacial score (nSPS) is 16.0. The lowest BCUT2D eigenvalue weighted by molar-refractivity contribution is -0.269. The lowest BCUT2D eigenvalue weighted by Crippen LogP contribution is -2.45. The van der Waals surface area contributed by atoms with E-state index in [4.69, 9.17) is 5.26 Å². The third kappa shape index (κ3) is 3.77. The Labute approximate surface area is 74.1 Å². The molecule has 14 heavy (non-hydrogen) atoms. The van der Waals surface area contributed by atoms with Crippen molar-refractivity contribution in [1.29, 1.82) is 5.26 Å². The summed E-state index contributed by atoms with van der Waals surface area (Å²) >= 11 is 0. The third-order valence-corrected chi connectivity index (χ3v) is 1.28. The van der Waals surface area contributed by atoms with Crippen molar-refractivity contribution in [1.82, 2.24) is 16.0 Å². The number of nitriles is 1. The van der Waals surface area contributed by atoms with Crippen LogP contribution in [0.4, 0.5) is 26.9 Å². The average Bonchev–Trinajstić information content (AvgIpc) is 2.02. The molecule has 0 saturated carbocycles. The van der Waals surface area contributed by atoms with Crippen LogP contribution >= 0.6 is 0 Å². The Hall–Kier alpha value is -1.05. The first-order valence-electron chi connectivity index (χ1n) is 3.10. The number of hydrogen-bond acceptors (Lipinski definition) is 4. The van der Waals surface area contributed by atoms with Gasteiger partial charge in [-0.05, 0) is 0 Å². The highest BCUT2D eigenvalue weighted by Crippen LogP contribution is 2.15. The van der Waals surface area contributed by atoms with Gasteiger partial charge >= 0.3 is 0 Å². The second-order valence-corrected chi connectivity index (χ2v) is 2.14. The Morgan fingerprint density at radius 3 is 1.71 bits per heavy atom. The average molecular weight is 222 g/mol. The van der Waals surface area contributed by atoms with Crippen LogP contribution in [0.15, 0.2) is 0 Å². The summed E-state index contributed by atoms with van der Waals surface area (Å²) in [7, 11) is 0. The summed E-state index contributed by atoms with van der Waals surface area (Å²) < 4.78 is 70.1. The topological polar surface area (TPSA) is 33.5 Å². The summed E-state index contributed by atoms with van der Waals surface area (Å²) in [6.07, 6.45) is 0. The molecule has 0 rings (SSSR count). The Bertz CT molecular complexity index is 202. The van der Waals surface area contributed by atoms with Gasteiger partial charge in [-0.15, -0.1) is 26.9 Å². The van der Waals surface area contributed by atoms with E-state index < -0.39 is 34.7 Å². The van der Waals surface area contributed by atoms with Gasteiger partial charge in [-0.3, -0.25) is 0 Å². The lowest BCUT2D eigenvalue weighted by atomic mass is 10.1. The fourth-order valence-electron chi connectivity index (χ4n) is 0.669. The summed E-state index contributed by atoms with van der Waals surface area (Å²) in [5, 5.41) is 2.63. The van der Waals surface area contributed by atoms with Crippen molar-refractivity contribution >= 4 is 0 Å². The van der Waals surface area contributed by atoms with Gasteiger partial charge in [0.05, 0.1) is 12.6 Å². The highest BCUT2D eigenvalue weighted by Gasteiger charge is 2.37. The van der Waals surface area contributed by atoms with Crippen molar-refractivity contribution in [3.63, 3.8) is 0 Å². The molecule has 0 aliphatic carbocycles. The molecule has 82 valence electrons. The van der Waals surface area contributed by atoms with Gasteiger partial charge in [0.15, 0.2) is 6.04 Å². The van der Waals surface area contributed by atoms with Crippen molar-refractivity contribution in [2.75, 3.05) is 6.54 Å². The van der Waals surface area contributed by atoms with Gasteiger partial charge in [-0.2, -0.15) is 5.26 Å². The number of hydrogen-bond donors (Lipinski definition) is 0.